The number of ketones is 1. The maximum Gasteiger partial charge on any atom is 0.231 e. The monoisotopic (exact) mass is 587 g/mol. The van der Waals surface area contributed by atoms with Gasteiger partial charge in [-0.25, -0.2) is 8.42 Å². The van der Waals surface area contributed by atoms with Crippen molar-refractivity contribution in [2.75, 3.05) is 16.8 Å². The molecule has 2 aliphatic rings. The molecule has 2 aromatic rings. The molecule has 0 aromatic heterocycles. The van der Waals surface area contributed by atoms with Gasteiger partial charge in [-0.3, -0.25) is 9.59 Å². The predicted octanol–water partition coefficient (Wildman–Crippen LogP) is 6.44. The van der Waals surface area contributed by atoms with Crippen molar-refractivity contribution in [2.45, 2.75) is 16.7 Å². The zero-order valence-electron chi connectivity index (χ0n) is 16.5. The number of hydrogen-bond acceptors (Lipinski definition) is 4. The summed E-state index contributed by atoms with van der Waals surface area (Å²) in [5.41, 5.74) is 1.10. The molecule has 12 heteroatoms. The van der Waals surface area contributed by atoms with Gasteiger partial charge in [0.1, 0.15) is 4.33 Å². The van der Waals surface area contributed by atoms with E-state index in [4.69, 9.17) is 69.6 Å². The largest absolute Gasteiger partial charge is 0.326 e. The number of halogens is 6. The van der Waals surface area contributed by atoms with Crippen LogP contribution in [0.3, 0.4) is 0 Å². The standard InChI is InChI=1S/C21H15Cl6NO4S/c22-13-2-1-11(6-12(13)16(29)3-9-7-33(31,32)8-9)28-20(30)18-17(21(18,26)27)10-4-14(23)19(25)15(24)5-10/h1-2,4-6,9,17-18H,3,7-8H2,(H,28,30). The third kappa shape index (κ3) is 5.13. The molecule has 1 amide bonds. The summed E-state index contributed by atoms with van der Waals surface area (Å²) in [4.78, 5) is 25.6. The second-order valence-electron chi connectivity index (χ2n) is 8.18. The van der Waals surface area contributed by atoms with Gasteiger partial charge in [0.15, 0.2) is 15.6 Å². The number of carbonyl (C=O) groups excluding carboxylic acids is 2. The fourth-order valence-electron chi connectivity index (χ4n) is 4.02. The summed E-state index contributed by atoms with van der Waals surface area (Å²) in [6.07, 6.45) is 0.0611. The van der Waals surface area contributed by atoms with Crippen molar-refractivity contribution in [1.29, 1.82) is 0 Å². The molecule has 0 spiro atoms. The Morgan fingerprint density at radius 1 is 0.970 bits per heavy atom. The zero-order valence-corrected chi connectivity index (χ0v) is 21.9. The van der Waals surface area contributed by atoms with E-state index < -0.39 is 31.9 Å². The lowest BCUT2D eigenvalue weighted by atomic mass is 10.00. The summed E-state index contributed by atoms with van der Waals surface area (Å²) in [5, 5.41) is 3.54. The fourth-order valence-corrected chi connectivity index (χ4v) is 7.26. The minimum Gasteiger partial charge on any atom is -0.326 e. The second-order valence-corrected chi connectivity index (χ2v) is 13.4. The number of Topliss-reactive ketones (excluding diaryl/α,β-unsaturated/α-hetero) is 1. The molecule has 1 N–H and O–H groups in total. The first-order chi connectivity index (χ1) is 15.3. The normalized spacial score (nSPS) is 23.0. The van der Waals surface area contributed by atoms with Gasteiger partial charge in [-0.1, -0.05) is 46.4 Å². The Labute approximate surface area is 220 Å². The number of nitrogens with one attached hydrogen (secondary N) is 1. The van der Waals surface area contributed by atoms with E-state index in [1.54, 1.807) is 18.2 Å². The van der Waals surface area contributed by atoms with Crippen LogP contribution in [0, 0.1) is 11.8 Å². The minimum absolute atomic E-state index is 0.0118. The van der Waals surface area contributed by atoms with Crippen molar-refractivity contribution in [3.05, 3.63) is 61.5 Å². The summed E-state index contributed by atoms with van der Waals surface area (Å²) in [5.74, 6) is -2.38. The molecule has 1 aliphatic carbocycles. The van der Waals surface area contributed by atoms with Gasteiger partial charge in [0, 0.05) is 23.6 Å². The number of amides is 1. The smallest absolute Gasteiger partial charge is 0.231 e. The van der Waals surface area contributed by atoms with Crippen molar-refractivity contribution in [1.82, 2.24) is 0 Å². The van der Waals surface area contributed by atoms with Gasteiger partial charge in [-0.05, 0) is 41.8 Å². The Morgan fingerprint density at radius 2 is 1.58 bits per heavy atom. The number of alkyl halides is 2. The molecular formula is C21H15Cl6NO4S. The van der Waals surface area contributed by atoms with E-state index in [9.17, 15) is 18.0 Å². The van der Waals surface area contributed by atoms with Crippen LogP contribution in [0.4, 0.5) is 5.69 Å². The zero-order chi connectivity index (χ0) is 24.3. The lowest BCUT2D eigenvalue weighted by Gasteiger charge is -2.25. The van der Waals surface area contributed by atoms with Crippen LogP contribution < -0.4 is 5.32 Å². The second kappa shape index (κ2) is 9.05. The lowest BCUT2D eigenvalue weighted by Crippen LogP contribution is -2.37. The number of sulfone groups is 1. The van der Waals surface area contributed by atoms with Crippen LogP contribution in [-0.4, -0.2) is 35.9 Å². The summed E-state index contributed by atoms with van der Waals surface area (Å²) >= 11 is 37.1. The molecule has 1 aliphatic heterocycles. The van der Waals surface area contributed by atoms with Crippen molar-refractivity contribution in [2.24, 2.45) is 11.8 Å². The first-order valence-corrected chi connectivity index (χ1v) is 13.8. The Hall–Kier alpha value is -0.730. The van der Waals surface area contributed by atoms with E-state index in [-0.39, 0.29) is 55.3 Å². The number of carbonyl (C=O) groups is 2. The van der Waals surface area contributed by atoms with Crippen molar-refractivity contribution >= 4 is 96.8 Å². The first-order valence-electron chi connectivity index (χ1n) is 9.66. The highest BCUT2D eigenvalue weighted by Crippen LogP contribution is 2.65. The maximum absolute atomic E-state index is 12.9. The third-order valence-corrected chi connectivity index (χ3v) is 10.1. The van der Waals surface area contributed by atoms with Crippen LogP contribution in [0.1, 0.15) is 28.3 Å². The fraction of sp³-hybridized carbons (Fsp3) is 0.333. The lowest BCUT2D eigenvalue weighted by molar-refractivity contribution is -0.117. The summed E-state index contributed by atoms with van der Waals surface area (Å²) in [6, 6.07) is 7.61. The Kier molecular flexibility index (Phi) is 6.96. The maximum atomic E-state index is 12.9. The predicted molar refractivity (Wildman–Crippen MR) is 133 cm³/mol. The van der Waals surface area contributed by atoms with E-state index >= 15 is 0 Å². The van der Waals surface area contributed by atoms with Crippen LogP contribution in [0.2, 0.25) is 20.1 Å². The van der Waals surface area contributed by atoms with Crippen LogP contribution >= 0.6 is 69.6 Å². The van der Waals surface area contributed by atoms with Gasteiger partial charge in [0.05, 0.1) is 37.5 Å². The first kappa shape index (κ1) is 25.4. The molecule has 1 saturated carbocycles. The van der Waals surface area contributed by atoms with Gasteiger partial charge >= 0.3 is 0 Å². The molecule has 2 aromatic carbocycles. The molecule has 1 saturated heterocycles. The number of hydrogen-bond donors (Lipinski definition) is 1. The topological polar surface area (TPSA) is 80.3 Å². The Bertz CT molecular complexity index is 1240. The van der Waals surface area contributed by atoms with Crippen molar-refractivity contribution in [3.63, 3.8) is 0 Å². The third-order valence-electron chi connectivity index (χ3n) is 5.69. The molecule has 5 nitrogen and oxygen atoms in total. The van der Waals surface area contributed by atoms with E-state index in [1.165, 1.54) is 12.1 Å². The average molecular weight is 590 g/mol. The molecule has 176 valence electrons. The highest BCUT2D eigenvalue weighted by molar-refractivity contribution is 7.92. The molecule has 1 heterocycles. The minimum atomic E-state index is -3.03. The van der Waals surface area contributed by atoms with Crippen LogP contribution in [0.5, 0.6) is 0 Å². The quantitative estimate of drug-likeness (QED) is 0.239. The van der Waals surface area contributed by atoms with Crippen LogP contribution in [-0.2, 0) is 14.6 Å². The van der Waals surface area contributed by atoms with Crippen LogP contribution in [0.15, 0.2) is 30.3 Å². The molecule has 4 rings (SSSR count). The molecule has 2 atom stereocenters. The van der Waals surface area contributed by atoms with E-state index in [1.807, 2.05) is 0 Å². The molecular weight excluding hydrogens is 575 g/mol. The molecule has 33 heavy (non-hydrogen) atoms. The molecule has 0 bridgehead atoms. The number of rotatable bonds is 6. The van der Waals surface area contributed by atoms with Gasteiger partial charge < -0.3 is 5.32 Å². The number of benzene rings is 2. The summed E-state index contributed by atoms with van der Waals surface area (Å²) in [7, 11) is -3.03. The Morgan fingerprint density at radius 3 is 2.15 bits per heavy atom. The number of anilines is 1. The van der Waals surface area contributed by atoms with Gasteiger partial charge in [0.25, 0.3) is 0 Å². The molecule has 2 unspecified atom stereocenters. The highest BCUT2D eigenvalue weighted by atomic mass is 35.5. The average Bonchev–Trinajstić information content (AvgIpc) is 3.27. The summed E-state index contributed by atoms with van der Waals surface area (Å²) < 4.78 is 21.3. The van der Waals surface area contributed by atoms with Gasteiger partial charge in [-0.2, -0.15) is 0 Å². The van der Waals surface area contributed by atoms with Gasteiger partial charge in [-0.15, -0.1) is 23.2 Å². The summed E-state index contributed by atoms with van der Waals surface area (Å²) in [6.45, 7) is 0. The van der Waals surface area contributed by atoms with E-state index in [2.05, 4.69) is 5.32 Å². The van der Waals surface area contributed by atoms with Gasteiger partial charge in [0.2, 0.25) is 5.91 Å². The van der Waals surface area contributed by atoms with Crippen molar-refractivity contribution in [3.8, 4) is 0 Å². The van der Waals surface area contributed by atoms with Crippen LogP contribution in [0.25, 0.3) is 0 Å². The van der Waals surface area contributed by atoms with Crippen molar-refractivity contribution < 1.29 is 18.0 Å². The van der Waals surface area contributed by atoms with E-state index in [0.29, 0.717) is 11.3 Å². The Balaban J connectivity index is 1.48. The van der Waals surface area contributed by atoms with E-state index in [0.717, 1.165) is 0 Å². The molecule has 2 fully saturated rings. The highest BCUT2D eigenvalue weighted by Gasteiger charge is 2.67. The molecule has 0 radical (unpaired) electrons. The SMILES string of the molecule is O=C(CC1CS(=O)(=O)C1)c1cc(NC(=O)C2C(c3cc(Cl)c(Cl)c(Cl)c3)C2(Cl)Cl)ccc1Cl.